The molecule has 1 heterocycles. The van der Waals surface area contributed by atoms with Crippen LogP contribution in [0.25, 0.3) is 0 Å². The van der Waals surface area contributed by atoms with Crippen LogP contribution in [0.2, 0.25) is 0 Å². The van der Waals surface area contributed by atoms with E-state index in [-0.39, 0.29) is 17.6 Å². The van der Waals surface area contributed by atoms with Crippen molar-refractivity contribution in [1.29, 1.82) is 0 Å². The molecule has 6 nitrogen and oxygen atoms in total. The molecule has 0 unspecified atom stereocenters. The summed E-state index contributed by atoms with van der Waals surface area (Å²) in [4.78, 5) is 42.8. The summed E-state index contributed by atoms with van der Waals surface area (Å²) in [5, 5.41) is 0. The minimum Gasteiger partial charge on any atom is -0.464 e. The number of nitrogens with zero attached hydrogens (tertiary/aromatic N) is 1. The van der Waals surface area contributed by atoms with E-state index in [2.05, 4.69) is 4.98 Å². The van der Waals surface area contributed by atoms with Crippen molar-refractivity contribution in [2.75, 3.05) is 13.7 Å². The van der Waals surface area contributed by atoms with E-state index in [1.54, 1.807) is 18.7 Å². The summed E-state index contributed by atoms with van der Waals surface area (Å²) in [5.41, 5.74) is 2.04. The summed E-state index contributed by atoms with van der Waals surface area (Å²) >= 11 is 0. The number of hydrogen-bond acceptors (Lipinski definition) is 4. The number of methoxy groups -OCH3 is 1. The number of rotatable bonds is 7. The molecule has 0 bridgehead atoms. The van der Waals surface area contributed by atoms with Crippen LogP contribution in [0.15, 0.2) is 0 Å². The van der Waals surface area contributed by atoms with Gasteiger partial charge in [-0.05, 0) is 57.9 Å². The molecule has 0 spiro atoms. The van der Waals surface area contributed by atoms with E-state index in [9.17, 15) is 14.4 Å². The molecule has 3 rings (SSSR count). The number of amides is 1. The van der Waals surface area contributed by atoms with Crippen molar-refractivity contribution in [3.8, 4) is 0 Å². The first-order chi connectivity index (χ1) is 12.3. The van der Waals surface area contributed by atoms with Gasteiger partial charge in [-0.3, -0.25) is 9.59 Å². The zero-order valence-electron chi connectivity index (χ0n) is 16.1. The largest absolute Gasteiger partial charge is 0.464 e. The van der Waals surface area contributed by atoms with Gasteiger partial charge in [0.2, 0.25) is 5.91 Å². The summed E-state index contributed by atoms with van der Waals surface area (Å²) in [5.74, 6) is 0.108. The number of ether oxygens (including phenoxy) is 1. The standard InChI is InChI=1S/C20H28N2O4/c1-11-16(12(2)21-17(11)20(25)26-4)18(23)13(3)22(10-14-8-9-14)19(24)15-6-5-7-15/h13-15,21H,5-10H2,1-4H3/t13-/m1/s1. The van der Waals surface area contributed by atoms with Crippen LogP contribution in [0, 0.1) is 25.7 Å². The predicted octanol–water partition coefficient (Wildman–Crippen LogP) is 3.03. The van der Waals surface area contributed by atoms with Crippen molar-refractivity contribution in [3.05, 3.63) is 22.5 Å². The maximum absolute atomic E-state index is 13.2. The molecular formula is C20H28N2O4. The van der Waals surface area contributed by atoms with Crippen molar-refractivity contribution in [2.24, 2.45) is 11.8 Å². The monoisotopic (exact) mass is 360 g/mol. The van der Waals surface area contributed by atoms with E-state index in [0.29, 0.717) is 35.0 Å². The Morgan fingerprint density at radius 1 is 1.19 bits per heavy atom. The normalized spacial score (nSPS) is 18.2. The van der Waals surface area contributed by atoms with Crippen LogP contribution in [0.5, 0.6) is 0 Å². The first-order valence-electron chi connectivity index (χ1n) is 9.47. The highest BCUT2D eigenvalue weighted by atomic mass is 16.5. The minimum absolute atomic E-state index is 0.0723. The predicted molar refractivity (Wildman–Crippen MR) is 97.2 cm³/mol. The minimum atomic E-state index is -0.526. The lowest BCUT2D eigenvalue weighted by molar-refractivity contribution is -0.139. The fraction of sp³-hybridized carbons (Fsp3) is 0.650. The number of aromatic nitrogens is 1. The van der Waals surface area contributed by atoms with Gasteiger partial charge in [0.1, 0.15) is 5.69 Å². The molecule has 0 aromatic carbocycles. The Kier molecular flexibility index (Phi) is 5.21. The Morgan fingerprint density at radius 3 is 2.35 bits per heavy atom. The third-order valence-corrected chi connectivity index (χ3v) is 5.81. The van der Waals surface area contributed by atoms with Gasteiger partial charge in [-0.15, -0.1) is 0 Å². The Bertz CT molecular complexity index is 728. The van der Waals surface area contributed by atoms with E-state index in [1.807, 2.05) is 6.92 Å². The van der Waals surface area contributed by atoms with Crippen molar-refractivity contribution in [3.63, 3.8) is 0 Å². The smallest absolute Gasteiger partial charge is 0.354 e. The van der Waals surface area contributed by atoms with Crippen molar-refractivity contribution in [2.45, 2.75) is 58.9 Å². The summed E-state index contributed by atoms with van der Waals surface area (Å²) in [6.45, 7) is 5.99. The van der Waals surface area contributed by atoms with Gasteiger partial charge >= 0.3 is 5.97 Å². The molecule has 1 amide bonds. The number of hydrogen-bond donors (Lipinski definition) is 1. The maximum atomic E-state index is 13.2. The number of carbonyl (C=O) groups excluding carboxylic acids is 3. The Balaban J connectivity index is 1.85. The SMILES string of the molecule is COC(=O)c1[nH]c(C)c(C(=O)[C@@H](C)N(CC2CC2)C(=O)C2CCC2)c1C. The average molecular weight is 360 g/mol. The molecule has 1 aromatic heterocycles. The molecule has 0 saturated heterocycles. The van der Waals surface area contributed by atoms with E-state index in [4.69, 9.17) is 4.74 Å². The van der Waals surface area contributed by atoms with E-state index in [1.165, 1.54) is 7.11 Å². The quantitative estimate of drug-likeness (QED) is 0.599. The average Bonchev–Trinajstić information content (AvgIpc) is 3.33. The molecule has 1 atom stereocenters. The van der Waals surface area contributed by atoms with Gasteiger partial charge in [0.25, 0.3) is 0 Å². The van der Waals surface area contributed by atoms with Crippen LogP contribution in [0.1, 0.15) is 71.1 Å². The molecular weight excluding hydrogens is 332 g/mol. The molecule has 1 N–H and O–H groups in total. The van der Waals surface area contributed by atoms with Gasteiger partial charge in [-0.2, -0.15) is 0 Å². The number of carbonyl (C=O) groups is 3. The molecule has 142 valence electrons. The lowest BCUT2D eigenvalue weighted by atomic mass is 9.83. The fourth-order valence-corrected chi connectivity index (χ4v) is 3.68. The Hall–Kier alpha value is -2.11. The number of esters is 1. The second-order valence-electron chi connectivity index (χ2n) is 7.72. The molecule has 26 heavy (non-hydrogen) atoms. The fourth-order valence-electron chi connectivity index (χ4n) is 3.68. The summed E-state index contributed by atoms with van der Waals surface area (Å²) in [6, 6.07) is -0.526. The van der Waals surface area contributed by atoms with Crippen LogP contribution in [0.3, 0.4) is 0 Å². The van der Waals surface area contributed by atoms with Crippen LogP contribution < -0.4 is 0 Å². The lowest BCUT2D eigenvalue weighted by Crippen LogP contribution is -2.48. The van der Waals surface area contributed by atoms with Crippen molar-refractivity contribution in [1.82, 2.24) is 9.88 Å². The zero-order valence-corrected chi connectivity index (χ0v) is 16.1. The number of nitrogens with one attached hydrogen (secondary N) is 1. The molecule has 2 fully saturated rings. The highest BCUT2D eigenvalue weighted by Crippen LogP contribution is 2.34. The first kappa shape index (κ1) is 18.7. The number of ketones is 1. The first-order valence-corrected chi connectivity index (χ1v) is 9.47. The van der Waals surface area contributed by atoms with E-state index >= 15 is 0 Å². The van der Waals surface area contributed by atoms with Crippen molar-refractivity contribution >= 4 is 17.7 Å². The third-order valence-electron chi connectivity index (χ3n) is 5.81. The molecule has 0 radical (unpaired) electrons. The van der Waals surface area contributed by atoms with Gasteiger partial charge in [0.15, 0.2) is 5.78 Å². The summed E-state index contributed by atoms with van der Waals surface area (Å²) < 4.78 is 4.78. The van der Waals surface area contributed by atoms with Crippen LogP contribution >= 0.6 is 0 Å². The lowest BCUT2D eigenvalue weighted by Gasteiger charge is -2.35. The number of aryl methyl sites for hydroxylation is 1. The highest BCUT2D eigenvalue weighted by Gasteiger charge is 2.38. The molecule has 1 aromatic rings. The van der Waals surface area contributed by atoms with Gasteiger partial charge in [-0.1, -0.05) is 6.42 Å². The molecule has 2 saturated carbocycles. The zero-order chi connectivity index (χ0) is 19.0. The molecule has 0 aliphatic heterocycles. The molecule has 2 aliphatic rings. The van der Waals surface area contributed by atoms with E-state index in [0.717, 1.165) is 32.1 Å². The number of H-pyrrole nitrogens is 1. The molecule has 2 aliphatic carbocycles. The second kappa shape index (κ2) is 7.25. The topological polar surface area (TPSA) is 79.5 Å². The van der Waals surface area contributed by atoms with Gasteiger partial charge < -0.3 is 14.6 Å². The number of Topliss-reactive ketones (excluding diaryl/α,β-unsaturated/α-hetero) is 1. The maximum Gasteiger partial charge on any atom is 0.354 e. The van der Waals surface area contributed by atoms with Crippen LogP contribution in [-0.2, 0) is 9.53 Å². The molecule has 6 heteroatoms. The van der Waals surface area contributed by atoms with Crippen molar-refractivity contribution < 1.29 is 19.1 Å². The van der Waals surface area contributed by atoms with Crippen LogP contribution in [-0.4, -0.2) is 47.2 Å². The second-order valence-corrected chi connectivity index (χ2v) is 7.72. The number of aromatic amines is 1. The summed E-state index contributed by atoms with van der Waals surface area (Å²) in [7, 11) is 1.32. The van der Waals surface area contributed by atoms with Gasteiger partial charge in [-0.25, -0.2) is 4.79 Å². The van der Waals surface area contributed by atoms with Gasteiger partial charge in [0, 0.05) is 23.7 Å². The highest BCUT2D eigenvalue weighted by molar-refractivity contribution is 6.06. The van der Waals surface area contributed by atoms with Crippen LogP contribution in [0.4, 0.5) is 0 Å². The van der Waals surface area contributed by atoms with E-state index < -0.39 is 12.0 Å². The third kappa shape index (κ3) is 3.41. The van der Waals surface area contributed by atoms with Gasteiger partial charge in [0.05, 0.1) is 13.2 Å². The Labute approximate surface area is 154 Å². The summed E-state index contributed by atoms with van der Waals surface area (Å²) in [6.07, 6.45) is 5.20. The Morgan fingerprint density at radius 2 is 1.85 bits per heavy atom.